The van der Waals surface area contributed by atoms with Gasteiger partial charge in [-0.2, -0.15) is 0 Å². The number of hydrogen-bond acceptors (Lipinski definition) is 4. The number of rotatable bonds is 2. The lowest BCUT2D eigenvalue weighted by Crippen LogP contribution is -1.91. The summed E-state index contributed by atoms with van der Waals surface area (Å²) in [5, 5.41) is 17.5. The summed E-state index contributed by atoms with van der Waals surface area (Å²) in [4.78, 5) is 4.57. The molecule has 4 aromatic carbocycles. The van der Waals surface area contributed by atoms with Crippen LogP contribution in [0.1, 0.15) is 0 Å². The SMILES string of the molecule is COc1cnc2c(c1)cc(O)c1c2ccc2c3ccccc3cc(OC)c21. The van der Waals surface area contributed by atoms with Gasteiger partial charge in [-0.1, -0.05) is 36.4 Å². The summed E-state index contributed by atoms with van der Waals surface area (Å²) < 4.78 is 11.0. The van der Waals surface area contributed by atoms with Gasteiger partial charge in [0.25, 0.3) is 0 Å². The first-order chi connectivity index (χ1) is 13.2. The molecule has 5 rings (SSSR count). The number of phenolic OH excluding ortho intramolecular Hbond substituents is 1. The second kappa shape index (κ2) is 5.74. The van der Waals surface area contributed by atoms with E-state index in [0.717, 1.165) is 49.0 Å². The Balaban J connectivity index is 2.03. The summed E-state index contributed by atoms with van der Waals surface area (Å²) in [5.74, 6) is 1.59. The highest BCUT2D eigenvalue weighted by Crippen LogP contribution is 2.43. The van der Waals surface area contributed by atoms with E-state index in [2.05, 4.69) is 23.2 Å². The van der Waals surface area contributed by atoms with Gasteiger partial charge >= 0.3 is 0 Å². The molecule has 0 radical (unpaired) electrons. The molecule has 0 aliphatic carbocycles. The first-order valence-electron chi connectivity index (χ1n) is 8.69. The van der Waals surface area contributed by atoms with Crippen molar-refractivity contribution in [1.82, 2.24) is 4.98 Å². The Kier molecular flexibility index (Phi) is 3.34. The van der Waals surface area contributed by atoms with Crippen LogP contribution in [0.4, 0.5) is 0 Å². The average Bonchev–Trinajstić information content (AvgIpc) is 2.72. The molecule has 1 N–H and O–H groups in total. The zero-order chi connectivity index (χ0) is 18.5. The predicted molar refractivity (Wildman–Crippen MR) is 109 cm³/mol. The van der Waals surface area contributed by atoms with Crippen LogP contribution < -0.4 is 9.47 Å². The summed E-state index contributed by atoms with van der Waals surface area (Å²) in [7, 11) is 3.26. The number of benzene rings is 4. The molecule has 5 aromatic rings. The number of methoxy groups -OCH3 is 2. The molecule has 0 bridgehead atoms. The molecule has 1 heterocycles. The summed E-state index contributed by atoms with van der Waals surface area (Å²) >= 11 is 0. The van der Waals surface area contributed by atoms with Crippen molar-refractivity contribution in [2.24, 2.45) is 0 Å². The summed E-state index contributed by atoms with van der Waals surface area (Å²) in [6, 6.07) is 17.9. The second-order valence-electron chi connectivity index (χ2n) is 6.55. The van der Waals surface area contributed by atoms with E-state index < -0.39 is 0 Å². The van der Waals surface area contributed by atoms with Crippen LogP contribution >= 0.6 is 0 Å². The zero-order valence-electron chi connectivity index (χ0n) is 15.0. The van der Waals surface area contributed by atoms with Crippen LogP contribution in [0.3, 0.4) is 0 Å². The Morgan fingerprint density at radius 3 is 2.41 bits per heavy atom. The predicted octanol–water partition coefficient (Wildman–Crippen LogP) is 5.42. The average molecular weight is 355 g/mol. The maximum atomic E-state index is 10.9. The van der Waals surface area contributed by atoms with Crippen molar-refractivity contribution >= 4 is 43.2 Å². The van der Waals surface area contributed by atoms with Gasteiger partial charge in [0.15, 0.2) is 0 Å². The Labute approximate surface area is 155 Å². The van der Waals surface area contributed by atoms with Crippen molar-refractivity contribution in [2.45, 2.75) is 0 Å². The molecule has 0 fully saturated rings. The standard InChI is InChI=1S/C23H17NO3/c1-26-15-9-14-10-19(25)21-18(23(14)24-12-15)8-7-17-16-6-4-3-5-13(16)11-20(27-2)22(17)21/h3-12,25H,1-2H3. The van der Waals surface area contributed by atoms with Crippen molar-refractivity contribution in [3.05, 3.63) is 60.8 Å². The molecule has 0 saturated heterocycles. The van der Waals surface area contributed by atoms with Crippen molar-refractivity contribution in [3.8, 4) is 17.2 Å². The Morgan fingerprint density at radius 1 is 0.778 bits per heavy atom. The number of aromatic hydroxyl groups is 1. The summed E-state index contributed by atoms with van der Waals surface area (Å²) in [6.45, 7) is 0. The molecule has 4 heteroatoms. The Bertz CT molecular complexity index is 1360. The Morgan fingerprint density at radius 2 is 1.59 bits per heavy atom. The number of pyridine rings is 1. The van der Waals surface area contributed by atoms with Gasteiger partial charge < -0.3 is 14.6 Å². The maximum Gasteiger partial charge on any atom is 0.137 e. The van der Waals surface area contributed by atoms with Gasteiger partial charge in [0.05, 0.1) is 25.9 Å². The van der Waals surface area contributed by atoms with E-state index in [1.807, 2.05) is 30.3 Å². The number of phenols is 1. The summed E-state index contributed by atoms with van der Waals surface area (Å²) in [5.41, 5.74) is 0.820. The fraction of sp³-hybridized carbons (Fsp3) is 0.0870. The molecular weight excluding hydrogens is 338 g/mol. The highest BCUT2D eigenvalue weighted by molar-refractivity contribution is 6.25. The van der Waals surface area contributed by atoms with E-state index in [9.17, 15) is 5.11 Å². The minimum atomic E-state index is 0.201. The lowest BCUT2D eigenvalue weighted by molar-refractivity contribution is 0.413. The van der Waals surface area contributed by atoms with Crippen LogP contribution in [0.5, 0.6) is 17.2 Å². The van der Waals surface area contributed by atoms with E-state index in [0.29, 0.717) is 5.75 Å². The van der Waals surface area contributed by atoms with Crippen LogP contribution in [0.15, 0.2) is 60.8 Å². The molecule has 4 nitrogen and oxygen atoms in total. The largest absolute Gasteiger partial charge is 0.507 e. The molecule has 27 heavy (non-hydrogen) atoms. The van der Waals surface area contributed by atoms with E-state index >= 15 is 0 Å². The van der Waals surface area contributed by atoms with Gasteiger partial charge in [-0.25, -0.2) is 0 Å². The molecular formula is C23H17NO3. The number of hydrogen-bond donors (Lipinski definition) is 1. The molecule has 0 atom stereocenters. The van der Waals surface area contributed by atoms with Gasteiger partial charge in [-0.15, -0.1) is 0 Å². The van der Waals surface area contributed by atoms with Gasteiger partial charge in [0.1, 0.15) is 17.2 Å². The lowest BCUT2D eigenvalue weighted by atomic mass is 9.94. The van der Waals surface area contributed by atoms with E-state index in [1.165, 1.54) is 0 Å². The highest BCUT2D eigenvalue weighted by Gasteiger charge is 2.16. The topological polar surface area (TPSA) is 51.6 Å². The van der Waals surface area contributed by atoms with Crippen molar-refractivity contribution in [2.75, 3.05) is 14.2 Å². The quantitative estimate of drug-likeness (QED) is 0.430. The maximum absolute atomic E-state index is 10.9. The van der Waals surface area contributed by atoms with Gasteiger partial charge in [-0.3, -0.25) is 4.98 Å². The number of ether oxygens (including phenoxy) is 2. The number of aromatic nitrogens is 1. The first-order valence-corrected chi connectivity index (χ1v) is 8.69. The molecule has 0 aliphatic heterocycles. The monoisotopic (exact) mass is 355 g/mol. The van der Waals surface area contributed by atoms with Crippen LogP contribution in [0.2, 0.25) is 0 Å². The van der Waals surface area contributed by atoms with E-state index in [-0.39, 0.29) is 5.75 Å². The van der Waals surface area contributed by atoms with Crippen LogP contribution in [0.25, 0.3) is 43.2 Å². The van der Waals surface area contributed by atoms with Gasteiger partial charge in [0, 0.05) is 21.5 Å². The molecule has 1 aromatic heterocycles. The fourth-order valence-corrected chi connectivity index (χ4v) is 3.92. The smallest absolute Gasteiger partial charge is 0.137 e. The molecule has 0 aliphatic rings. The normalized spacial score (nSPS) is 11.5. The molecule has 0 spiro atoms. The summed E-state index contributed by atoms with van der Waals surface area (Å²) in [6.07, 6.45) is 1.70. The fourth-order valence-electron chi connectivity index (χ4n) is 3.92. The first kappa shape index (κ1) is 15.7. The molecule has 0 saturated carbocycles. The van der Waals surface area contributed by atoms with Crippen LogP contribution in [-0.2, 0) is 0 Å². The van der Waals surface area contributed by atoms with Gasteiger partial charge in [-0.05, 0) is 34.4 Å². The lowest BCUT2D eigenvalue weighted by Gasteiger charge is -2.14. The van der Waals surface area contributed by atoms with Crippen molar-refractivity contribution < 1.29 is 14.6 Å². The number of nitrogens with zero attached hydrogens (tertiary/aromatic N) is 1. The highest BCUT2D eigenvalue weighted by atomic mass is 16.5. The zero-order valence-corrected chi connectivity index (χ0v) is 15.0. The van der Waals surface area contributed by atoms with Crippen molar-refractivity contribution in [3.63, 3.8) is 0 Å². The second-order valence-corrected chi connectivity index (χ2v) is 6.55. The third-order valence-corrected chi connectivity index (χ3v) is 5.14. The van der Waals surface area contributed by atoms with E-state index in [4.69, 9.17) is 9.47 Å². The molecule has 0 unspecified atom stereocenters. The number of fused-ring (bicyclic) bond motifs is 7. The molecule has 0 amide bonds. The Hall–Kier alpha value is -3.53. The minimum absolute atomic E-state index is 0.201. The third-order valence-electron chi connectivity index (χ3n) is 5.14. The van der Waals surface area contributed by atoms with Crippen molar-refractivity contribution in [1.29, 1.82) is 0 Å². The van der Waals surface area contributed by atoms with E-state index in [1.54, 1.807) is 26.5 Å². The molecule has 132 valence electrons. The third kappa shape index (κ3) is 2.20. The van der Waals surface area contributed by atoms with Gasteiger partial charge in [0.2, 0.25) is 0 Å². The van der Waals surface area contributed by atoms with Crippen LogP contribution in [0, 0.1) is 0 Å². The van der Waals surface area contributed by atoms with Crippen LogP contribution in [-0.4, -0.2) is 24.3 Å². The minimum Gasteiger partial charge on any atom is -0.507 e.